The Bertz CT molecular complexity index is 370. The molecule has 5 heteroatoms. The van der Waals surface area contributed by atoms with Crippen LogP contribution in [0, 0.1) is 0 Å². The van der Waals surface area contributed by atoms with Crippen LogP contribution in [0.25, 0.3) is 0 Å². The van der Waals surface area contributed by atoms with Gasteiger partial charge in [0.2, 0.25) is 5.75 Å². The molecular weight excluding hydrogens is 246 g/mol. The van der Waals surface area contributed by atoms with Crippen molar-refractivity contribution in [1.29, 1.82) is 0 Å². The molecule has 1 N–H and O–H groups in total. The highest BCUT2D eigenvalue weighted by molar-refractivity contribution is 5.52. The van der Waals surface area contributed by atoms with E-state index in [4.69, 9.17) is 14.2 Å². The smallest absolute Gasteiger partial charge is 0.200 e. The van der Waals surface area contributed by atoms with E-state index in [2.05, 4.69) is 4.90 Å². The van der Waals surface area contributed by atoms with Crippen molar-refractivity contribution in [3.05, 3.63) is 17.7 Å². The van der Waals surface area contributed by atoms with Crippen LogP contribution < -0.4 is 9.47 Å². The van der Waals surface area contributed by atoms with Crippen molar-refractivity contribution in [2.75, 3.05) is 41.0 Å². The molecule has 108 valence electrons. The summed E-state index contributed by atoms with van der Waals surface area (Å²) in [6.45, 7) is 5.00. The predicted octanol–water partition coefficient (Wildman–Crippen LogP) is 1.88. The molecule has 0 radical (unpaired) electrons. The van der Waals surface area contributed by atoms with Crippen molar-refractivity contribution in [2.24, 2.45) is 0 Å². The second-order valence-corrected chi connectivity index (χ2v) is 4.28. The number of nitrogens with zero attached hydrogens (tertiary/aromatic N) is 1. The van der Waals surface area contributed by atoms with Crippen LogP contribution in [-0.2, 0) is 11.3 Å². The second kappa shape index (κ2) is 7.86. The highest BCUT2D eigenvalue weighted by Crippen LogP contribution is 2.37. The van der Waals surface area contributed by atoms with Gasteiger partial charge in [-0.25, -0.2) is 0 Å². The lowest BCUT2D eigenvalue weighted by molar-refractivity contribution is 0.120. The minimum atomic E-state index is 0.0331. The van der Waals surface area contributed by atoms with Gasteiger partial charge in [0.25, 0.3) is 0 Å². The Kier molecular flexibility index (Phi) is 6.45. The van der Waals surface area contributed by atoms with Crippen molar-refractivity contribution in [3.63, 3.8) is 0 Å². The summed E-state index contributed by atoms with van der Waals surface area (Å²) in [6, 6.07) is 3.63. The van der Waals surface area contributed by atoms with E-state index in [9.17, 15) is 5.11 Å². The number of phenols is 1. The molecule has 0 bridgehead atoms. The first-order chi connectivity index (χ1) is 9.12. The van der Waals surface area contributed by atoms with Gasteiger partial charge in [-0.15, -0.1) is 0 Å². The van der Waals surface area contributed by atoms with E-state index < -0.39 is 0 Å². The molecule has 0 atom stereocenters. The fourth-order valence-electron chi connectivity index (χ4n) is 1.79. The quantitative estimate of drug-likeness (QED) is 0.730. The maximum Gasteiger partial charge on any atom is 0.200 e. The monoisotopic (exact) mass is 269 g/mol. The number of hydrogen-bond acceptors (Lipinski definition) is 5. The second-order valence-electron chi connectivity index (χ2n) is 4.28. The molecule has 1 aromatic carbocycles. The predicted molar refractivity (Wildman–Crippen MR) is 74.0 cm³/mol. The first kappa shape index (κ1) is 15.6. The third-order valence-corrected chi connectivity index (χ3v) is 2.81. The number of methoxy groups -OCH3 is 2. The summed E-state index contributed by atoms with van der Waals surface area (Å²) >= 11 is 0. The van der Waals surface area contributed by atoms with Gasteiger partial charge in [-0.2, -0.15) is 0 Å². The maximum atomic E-state index is 9.84. The van der Waals surface area contributed by atoms with Crippen LogP contribution in [0.2, 0.25) is 0 Å². The molecule has 19 heavy (non-hydrogen) atoms. The molecule has 1 rings (SSSR count). The summed E-state index contributed by atoms with van der Waals surface area (Å²) < 4.78 is 15.6. The highest BCUT2D eigenvalue weighted by atomic mass is 16.5. The molecule has 0 fully saturated rings. The molecule has 0 heterocycles. The number of rotatable bonds is 8. The Morgan fingerprint density at radius 1 is 1.16 bits per heavy atom. The Balaban J connectivity index is 2.72. The van der Waals surface area contributed by atoms with E-state index in [1.807, 2.05) is 26.1 Å². The van der Waals surface area contributed by atoms with E-state index in [0.29, 0.717) is 18.1 Å². The first-order valence-electron chi connectivity index (χ1n) is 6.32. The minimum Gasteiger partial charge on any atom is -0.502 e. The van der Waals surface area contributed by atoms with Crippen molar-refractivity contribution < 1.29 is 19.3 Å². The van der Waals surface area contributed by atoms with E-state index in [1.54, 1.807) is 0 Å². The zero-order chi connectivity index (χ0) is 14.3. The lowest BCUT2D eigenvalue weighted by atomic mass is 10.1. The van der Waals surface area contributed by atoms with E-state index >= 15 is 0 Å². The molecule has 0 spiro atoms. The summed E-state index contributed by atoms with van der Waals surface area (Å²) in [5, 5.41) is 9.84. The zero-order valence-electron chi connectivity index (χ0n) is 12.1. The summed E-state index contributed by atoms with van der Waals surface area (Å²) in [6.07, 6.45) is 0. The largest absolute Gasteiger partial charge is 0.502 e. The number of likely N-dealkylation sites (N-methyl/N-ethyl adjacent to an activating group) is 1. The van der Waals surface area contributed by atoms with Crippen LogP contribution in [0.4, 0.5) is 0 Å². The van der Waals surface area contributed by atoms with E-state index in [1.165, 1.54) is 14.2 Å². The molecule has 0 aliphatic heterocycles. The van der Waals surface area contributed by atoms with Crippen LogP contribution >= 0.6 is 0 Å². The van der Waals surface area contributed by atoms with E-state index in [0.717, 1.165) is 25.3 Å². The number of aromatic hydroxyl groups is 1. The van der Waals surface area contributed by atoms with Crippen LogP contribution in [0.15, 0.2) is 12.1 Å². The normalized spacial score (nSPS) is 10.8. The Morgan fingerprint density at radius 3 is 2.21 bits per heavy atom. The number of hydrogen-bond donors (Lipinski definition) is 1. The Morgan fingerprint density at radius 2 is 1.74 bits per heavy atom. The number of ether oxygens (including phenoxy) is 3. The molecule has 0 saturated carbocycles. The van der Waals surface area contributed by atoms with Crippen molar-refractivity contribution in [2.45, 2.75) is 13.5 Å². The van der Waals surface area contributed by atoms with Gasteiger partial charge in [-0.05, 0) is 31.7 Å². The van der Waals surface area contributed by atoms with Gasteiger partial charge in [-0.3, -0.25) is 4.90 Å². The van der Waals surface area contributed by atoms with Crippen LogP contribution in [-0.4, -0.2) is 51.0 Å². The number of phenolic OH excluding ortho intramolecular Hbond substituents is 1. The van der Waals surface area contributed by atoms with Gasteiger partial charge in [0.05, 0.1) is 20.8 Å². The van der Waals surface area contributed by atoms with Gasteiger partial charge in [0.15, 0.2) is 11.5 Å². The lowest BCUT2D eigenvalue weighted by Gasteiger charge is -2.18. The molecule has 0 aliphatic rings. The molecule has 0 amide bonds. The zero-order valence-corrected chi connectivity index (χ0v) is 12.1. The molecular formula is C14H23NO4. The van der Waals surface area contributed by atoms with Gasteiger partial charge in [-0.1, -0.05) is 0 Å². The fraction of sp³-hybridized carbons (Fsp3) is 0.571. The van der Waals surface area contributed by atoms with Gasteiger partial charge >= 0.3 is 0 Å². The Hall–Kier alpha value is -1.46. The fourth-order valence-corrected chi connectivity index (χ4v) is 1.79. The average molecular weight is 269 g/mol. The van der Waals surface area contributed by atoms with Crippen molar-refractivity contribution in [1.82, 2.24) is 4.90 Å². The molecule has 0 unspecified atom stereocenters. The molecule has 0 aromatic heterocycles. The maximum absolute atomic E-state index is 9.84. The molecule has 1 aromatic rings. The van der Waals surface area contributed by atoms with Crippen LogP contribution in [0.1, 0.15) is 12.5 Å². The summed E-state index contributed by atoms with van der Waals surface area (Å²) in [4.78, 5) is 2.14. The average Bonchev–Trinajstić information content (AvgIpc) is 2.40. The van der Waals surface area contributed by atoms with E-state index in [-0.39, 0.29) is 5.75 Å². The van der Waals surface area contributed by atoms with Crippen molar-refractivity contribution >= 4 is 0 Å². The minimum absolute atomic E-state index is 0.0331. The molecule has 0 saturated heterocycles. The van der Waals surface area contributed by atoms with Gasteiger partial charge in [0, 0.05) is 19.7 Å². The van der Waals surface area contributed by atoms with Gasteiger partial charge in [0.1, 0.15) is 0 Å². The molecule has 5 nitrogen and oxygen atoms in total. The standard InChI is InChI=1S/C14H23NO4/c1-5-19-7-6-15(2)10-11-8-12(17-3)14(16)13(9-11)18-4/h8-9,16H,5-7,10H2,1-4H3. The number of benzene rings is 1. The lowest BCUT2D eigenvalue weighted by Crippen LogP contribution is -2.22. The van der Waals surface area contributed by atoms with Crippen LogP contribution in [0.5, 0.6) is 17.2 Å². The first-order valence-corrected chi connectivity index (χ1v) is 6.32. The third kappa shape index (κ3) is 4.61. The SMILES string of the molecule is CCOCCN(C)Cc1cc(OC)c(O)c(OC)c1. The Labute approximate surface area is 114 Å². The van der Waals surface area contributed by atoms with Crippen molar-refractivity contribution in [3.8, 4) is 17.2 Å². The summed E-state index contributed by atoms with van der Waals surface area (Å²) in [7, 11) is 5.07. The summed E-state index contributed by atoms with van der Waals surface area (Å²) in [5.41, 5.74) is 1.02. The highest BCUT2D eigenvalue weighted by Gasteiger charge is 2.12. The van der Waals surface area contributed by atoms with Crippen LogP contribution in [0.3, 0.4) is 0 Å². The summed E-state index contributed by atoms with van der Waals surface area (Å²) in [5.74, 6) is 0.880. The third-order valence-electron chi connectivity index (χ3n) is 2.81. The van der Waals surface area contributed by atoms with Gasteiger partial charge < -0.3 is 19.3 Å². The topological polar surface area (TPSA) is 51.2 Å². The molecule has 0 aliphatic carbocycles.